The number of rotatable bonds is 16. The molecule has 5 atom stereocenters. The second-order valence-corrected chi connectivity index (χ2v) is 20.7. The highest BCUT2D eigenvalue weighted by Crippen LogP contribution is 2.60. The summed E-state index contributed by atoms with van der Waals surface area (Å²) in [5.41, 5.74) is 2.79. The van der Waals surface area contributed by atoms with E-state index in [1.54, 1.807) is 28.8 Å². The van der Waals surface area contributed by atoms with Crippen LogP contribution in [0.25, 0.3) is 0 Å². The van der Waals surface area contributed by atoms with Crippen LogP contribution in [0.3, 0.4) is 0 Å². The number of aromatic nitrogens is 3. The Morgan fingerprint density at radius 2 is 1.66 bits per heavy atom. The third-order valence-electron chi connectivity index (χ3n) is 12.3. The molecule has 59 heavy (non-hydrogen) atoms. The predicted octanol–water partition coefficient (Wildman–Crippen LogP) is 6.66. The quantitative estimate of drug-likeness (QED) is 0.0635. The fourth-order valence-corrected chi connectivity index (χ4v) is 13.3. The van der Waals surface area contributed by atoms with Crippen LogP contribution in [-0.4, -0.2) is 79.4 Å². The normalized spacial score (nSPS) is 20.4. The number of methoxy groups -OCH3 is 2. The Kier molecular flexibility index (Phi) is 12.5. The van der Waals surface area contributed by atoms with Gasteiger partial charge >= 0.3 is 5.97 Å². The van der Waals surface area contributed by atoms with Crippen molar-refractivity contribution >= 4 is 42.4 Å². The van der Waals surface area contributed by atoms with Gasteiger partial charge in [-0.05, 0) is 72.8 Å². The summed E-state index contributed by atoms with van der Waals surface area (Å²) >= 11 is 0. The average molecular weight is 816 g/mol. The number of unbranched alkanes of at least 4 members (excludes halogenated alkanes) is 1. The number of aryl methyl sites for hydroxylation is 1. The highest BCUT2D eigenvalue weighted by atomic mass is 28.3. The van der Waals surface area contributed by atoms with Crippen molar-refractivity contribution in [3.05, 3.63) is 132 Å². The minimum Gasteiger partial charge on any atom is -0.497 e. The van der Waals surface area contributed by atoms with E-state index in [-0.39, 0.29) is 54.3 Å². The molecule has 1 saturated heterocycles. The summed E-state index contributed by atoms with van der Waals surface area (Å²) in [6, 6.07) is 32.7. The number of nitrogens with zero attached hydrogens (tertiary/aromatic N) is 4. The van der Waals surface area contributed by atoms with Gasteiger partial charge in [-0.2, -0.15) is 0 Å². The summed E-state index contributed by atoms with van der Waals surface area (Å²) < 4.78 is 19.5. The van der Waals surface area contributed by atoms with Gasteiger partial charge in [0.05, 0.1) is 52.3 Å². The van der Waals surface area contributed by atoms with E-state index in [1.165, 1.54) is 12.3 Å². The first-order valence-electron chi connectivity index (χ1n) is 20.3. The molecule has 13 heteroatoms. The van der Waals surface area contributed by atoms with Crippen molar-refractivity contribution < 1.29 is 33.7 Å². The molecule has 0 aliphatic carbocycles. The van der Waals surface area contributed by atoms with E-state index < -0.39 is 13.7 Å². The number of ether oxygens (including phenoxy) is 3. The Bertz CT molecular complexity index is 2250. The second-order valence-electron chi connectivity index (χ2n) is 16.0. The van der Waals surface area contributed by atoms with Gasteiger partial charge in [-0.1, -0.05) is 91.1 Å². The first-order valence-corrected chi connectivity index (χ1v) is 23.4. The summed E-state index contributed by atoms with van der Waals surface area (Å²) in [4.78, 5) is 42.4. The molecule has 1 fully saturated rings. The topological polar surface area (TPSA) is 145 Å². The minimum absolute atomic E-state index is 0.0352. The second kappa shape index (κ2) is 17.7. The van der Waals surface area contributed by atoms with Gasteiger partial charge in [0, 0.05) is 48.4 Å². The van der Waals surface area contributed by atoms with Crippen molar-refractivity contribution in [1.29, 1.82) is 0 Å². The van der Waals surface area contributed by atoms with Crippen molar-refractivity contribution in [1.82, 2.24) is 15.0 Å². The van der Waals surface area contributed by atoms with E-state index in [0.717, 1.165) is 22.6 Å². The smallest absolute Gasteiger partial charge is 0.305 e. The lowest BCUT2D eigenvalue weighted by atomic mass is 9.82. The van der Waals surface area contributed by atoms with E-state index in [1.807, 2.05) is 85.1 Å². The fourth-order valence-electron chi connectivity index (χ4n) is 9.21. The highest BCUT2D eigenvalue weighted by molar-refractivity contribution is 6.91. The van der Waals surface area contributed by atoms with E-state index in [4.69, 9.17) is 14.2 Å². The van der Waals surface area contributed by atoms with Gasteiger partial charge in [0.2, 0.25) is 0 Å². The number of aliphatic hydroxyl groups excluding tert-OH is 1. The number of benzene rings is 4. The molecule has 3 heterocycles. The molecule has 12 nitrogen and oxygen atoms in total. The number of carbonyl (C=O) groups is 3. The summed E-state index contributed by atoms with van der Waals surface area (Å²) in [6.45, 7) is 7.58. The molecular weight excluding hydrogens is 763 g/mol. The lowest BCUT2D eigenvalue weighted by Gasteiger charge is -2.37. The van der Waals surface area contributed by atoms with E-state index in [2.05, 4.69) is 47.8 Å². The summed E-state index contributed by atoms with van der Waals surface area (Å²) in [5, 5.41) is 23.6. The molecule has 2 aliphatic heterocycles. The minimum atomic E-state index is -2.46. The van der Waals surface area contributed by atoms with Crippen molar-refractivity contribution in [2.75, 3.05) is 37.6 Å². The largest absolute Gasteiger partial charge is 0.497 e. The maximum Gasteiger partial charge on any atom is 0.305 e. The van der Waals surface area contributed by atoms with Crippen LogP contribution in [-0.2, 0) is 31.2 Å². The average Bonchev–Trinajstić information content (AvgIpc) is 3.92. The van der Waals surface area contributed by atoms with Crippen LogP contribution in [0.4, 0.5) is 11.4 Å². The van der Waals surface area contributed by atoms with Crippen LogP contribution in [0.2, 0.25) is 18.6 Å². The zero-order chi connectivity index (χ0) is 41.7. The highest BCUT2D eigenvalue weighted by Gasteiger charge is 2.66. The van der Waals surface area contributed by atoms with Crippen LogP contribution in [0, 0.1) is 5.92 Å². The van der Waals surface area contributed by atoms with E-state index in [9.17, 15) is 14.7 Å². The monoisotopic (exact) mass is 815 g/mol. The first kappa shape index (κ1) is 41.5. The van der Waals surface area contributed by atoms with E-state index >= 15 is 4.79 Å². The lowest BCUT2D eigenvalue weighted by Crippen LogP contribution is -2.52. The van der Waals surface area contributed by atoms with Crippen molar-refractivity contribution in [3.8, 4) is 5.75 Å². The van der Waals surface area contributed by atoms with Crippen LogP contribution in [0.15, 0.2) is 109 Å². The zero-order valence-corrected chi connectivity index (χ0v) is 35.3. The molecule has 1 unspecified atom stereocenters. The number of nitrogens with one attached hydrogen (secondary N) is 1. The molecule has 2 N–H and O–H groups in total. The molecule has 4 aromatic carbocycles. The van der Waals surface area contributed by atoms with Gasteiger partial charge in [-0.3, -0.25) is 19.1 Å². The summed E-state index contributed by atoms with van der Waals surface area (Å²) in [5.74, 6) is -0.499. The molecule has 7 rings (SSSR count). The lowest BCUT2D eigenvalue weighted by molar-refractivity contribution is -0.146. The molecule has 5 aromatic rings. The number of esters is 1. The Hall–Kier alpha value is -5.63. The Labute approximate surface area is 346 Å². The number of hydrogen-bond donors (Lipinski definition) is 2. The van der Waals surface area contributed by atoms with Gasteiger partial charge in [0.1, 0.15) is 5.75 Å². The molecule has 0 saturated carbocycles. The van der Waals surface area contributed by atoms with Crippen LogP contribution < -0.4 is 20.1 Å². The Morgan fingerprint density at radius 3 is 2.34 bits per heavy atom. The zero-order valence-electron chi connectivity index (χ0n) is 34.3. The SMILES string of the molecule is COC(=O)CCCCN1C(=O)[C@@]2(O[C@@H](CCn3cc(C(CO)c4ccccc4)nn3)[C@H]([Si](C)(C)c3ccc(OC)cc3)[C@H]2C)c2cc(NC(=O)c3ccccc3)ccc21. The third-order valence-corrected chi connectivity index (χ3v) is 16.7. The standard InChI is InChI=1S/C46H53N5O7Si/c1-31-43(59(4,5)36-22-20-35(56-2)21-23-36)41(25-27-50-29-39(48-49-50)37(30-52)32-14-8-6-9-15-32)58-46(31)38-28-34(47-44(54)33-16-10-7-11-17-33)19-24-40(38)51(45(46)55)26-13-12-18-42(53)57-3/h6-11,14-17,19-24,28-29,31,37,41,43,52H,12-13,18,25-27,30H2,1-5H3,(H,47,54)/t31-,37?,41+,43-,46+/m1/s1. The van der Waals surface area contributed by atoms with Crippen LogP contribution >= 0.6 is 0 Å². The molecule has 1 spiro atoms. The number of amides is 2. The first-order chi connectivity index (χ1) is 28.5. The van der Waals surface area contributed by atoms with Gasteiger partial charge in [0.25, 0.3) is 11.8 Å². The Morgan fingerprint density at radius 1 is 0.949 bits per heavy atom. The van der Waals surface area contributed by atoms with Crippen molar-refractivity contribution in [2.45, 2.75) is 75.4 Å². The number of aliphatic hydroxyl groups is 1. The van der Waals surface area contributed by atoms with E-state index in [0.29, 0.717) is 49.3 Å². The van der Waals surface area contributed by atoms with Crippen LogP contribution in [0.1, 0.15) is 65.7 Å². The molecule has 0 radical (unpaired) electrons. The molecular formula is C46H53N5O7Si. The molecule has 0 bridgehead atoms. The Balaban J connectivity index is 1.26. The van der Waals surface area contributed by atoms with Crippen molar-refractivity contribution in [3.63, 3.8) is 0 Å². The van der Waals surface area contributed by atoms with Gasteiger partial charge in [-0.15, -0.1) is 5.10 Å². The van der Waals surface area contributed by atoms with Gasteiger partial charge < -0.3 is 29.5 Å². The van der Waals surface area contributed by atoms with Gasteiger partial charge in [0.15, 0.2) is 5.60 Å². The maximum atomic E-state index is 15.3. The molecule has 1 aromatic heterocycles. The molecule has 2 amide bonds. The fraction of sp³-hybridized carbons (Fsp3) is 0.370. The van der Waals surface area contributed by atoms with Crippen LogP contribution in [0.5, 0.6) is 5.75 Å². The summed E-state index contributed by atoms with van der Waals surface area (Å²) in [6.07, 6.45) is 3.48. The molecule has 2 aliphatic rings. The maximum absolute atomic E-state index is 15.3. The number of carbonyl (C=O) groups excluding carboxylic acids is 3. The number of anilines is 2. The number of fused-ring (bicyclic) bond motifs is 2. The predicted molar refractivity (Wildman–Crippen MR) is 229 cm³/mol. The number of hydrogen-bond acceptors (Lipinski definition) is 9. The third kappa shape index (κ3) is 8.19. The molecule has 308 valence electrons. The van der Waals surface area contributed by atoms with Gasteiger partial charge in [-0.25, -0.2) is 0 Å². The summed E-state index contributed by atoms with van der Waals surface area (Å²) in [7, 11) is 0.574. The van der Waals surface area contributed by atoms with Crippen molar-refractivity contribution in [2.24, 2.45) is 5.92 Å².